The highest BCUT2D eigenvalue weighted by Crippen LogP contribution is 2.19. The number of carbonyl (C=O) groups is 4. The maximum absolute atomic E-state index is 14.4. The Hall–Kier alpha value is -3.65. The largest absolute Gasteiger partial charge is 0.491 e. The van der Waals surface area contributed by atoms with Gasteiger partial charge in [-0.2, -0.15) is 0 Å². The van der Waals surface area contributed by atoms with Crippen molar-refractivity contribution in [3.05, 3.63) is 58.2 Å². The van der Waals surface area contributed by atoms with Crippen LogP contribution in [0.15, 0.2) is 24.3 Å². The van der Waals surface area contributed by atoms with Crippen LogP contribution in [0.1, 0.15) is 51.1 Å². The highest BCUT2D eigenvalue weighted by atomic mass is 19.1. The molecule has 2 amide bonds. The number of carboxylic acid groups (broad SMARTS) is 1. The lowest BCUT2D eigenvalue weighted by Gasteiger charge is -2.19. The second-order valence-corrected chi connectivity index (χ2v) is 8.80. The molecular weight excluding hydrogens is 508 g/mol. The number of nitrogens with one attached hydrogen (secondary N) is 2. The molecule has 0 fully saturated rings. The van der Waals surface area contributed by atoms with Gasteiger partial charge in [0, 0.05) is 35.2 Å². The van der Waals surface area contributed by atoms with E-state index in [2.05, 4.69) is 10.6 Å². The monoisotopic (exact) mass is 530 g/mol. The van der Waals surface area contributed by atoms with Crippen molar-refractivity contribution in [1.29, 1.82) is 0 Å². The molecule has 4 rings (SSSR count). The molecule has 2 aliphatic heterocycles. The number of halogens is 2. The van der Waals surface area contributed by atoms with Gasteiger partial charge in [0.1, 0.15) is 17.7 Å². The van der Waals surface area contributed by atoms with Crippen molar-refractivity contribution in [2.24, 2.45) is 0 Å². The Balaban J connectivity index is 1.49. The zero-order valence-electron chi connectivity index (χ0n) is 19.8. The normalized spacial score (nSPS) is 14.6. The zero-order chi connectivity index (χ0) is 27.6. The molecule has 11 nitrogen and oxygen atoms in total. The van der Waals surface area contributed by atoms with Gasteiger partial charge in [-0.15, -0.1) is 0 Å². The van der Waals surface area contributed by atoms with Crippen LogP contribution in [-0.4, -0.2) is 65.5 Å². The lowest BCUT2D eigenvalue weighted by Crippen LogP contribution is -2.47. The number of ketones is 1. The van der Waals surface area contributed by atoms with Gasteiger partial charge in [0.25, 0.3) is 5.91 Å². The molecule has 0 aliphatic carbocycles. The third kappa shape index (κ3) is 5.91. The Morgan fingerprint density at radius 3 is 2.03 bits per heavy atom. The number of carbonyl (C=O) groups excluding carboxylic acids is 3. The summed E-state index contributed by atoms with van der Waals surface area (Å²) in [5.74, 6) is -4.95. The fourth-order valence-corrected chi connectivity index (χ4v) is 4.20. The van der Waals surface area contributed by atoms with Crippen LogP contribution >= 0.6 is 0 Å². The third-order valence-electron chi connectivity index (χ3n) is 6.27. The van der Waals surface area contributed by atoms with Crippen LogP contribution < -0.4 is 21.6 Å². The van der Waals surface area contributed by atoms with Crippen molar-refractivity contribution in [2.45, 2.75) is 38.5 Å². The number of hydrogen-bond donors (Lipinski definition) is 5. The number of benzene rings is 2. The molecule has 0 aromatic heterocycles. The standard InChI is InChI=1S/C23H22B2F2N2O9/c26-17-7-11(5-15-13(17)9-37-24(15)35)20(30)2-1-19(23(34)28-4-3-21(31)32)29-22(33)12-6-16-14(18(27)8-12)10-38-25(16)36/h5-8,19,35-36H,1-4,9-10H2,(H,28,34)(H,29,33)(H,31,32)/t19-/m0/s1. The Kier molecular flexibility index (Phi) is 8.21. The van der Waals surface area contributed by atoms with Gasteiger partial charge in [-0.05, 0) is 35.5 Å². The molecule has 0 spiro atoms. The Morgan fingerprint density at radius 2 is 1.45 bits per heavy atom. The summed E-state index contributed by atoms with van der Waals surface area (Å²) in [4.78, 5) is 49.2. The van der Waals surface area contributed by atoms with Crippen LogP contribution in [0.2, 0.25) is 0 Å². The molecule has 0 bridgehead atoms. The number of carboxylic acids is 1. The zero-order valence-corrected chi connectivity index (χ0v) is 19.8. The summed E-state index contributed by atoms with van der Waals surface area (Å²) in [5.41, 5.74) is 0.132. The predicted octanol–water partition coefficient (Wildman–Crippen LogP) is -1.25. The number of aliphatic carboxylic acids is 1. The molecule has 2 aliphatic rings. The smallest absolute Gasteiger partial charge is 0.481 e. The van der Waals surface area contributed by atoms with Crippen molar-refractivity contribution < 1.29 is 52.4 Å². The molecule has 2 heterocycles. The SMILES string of the molecule is O=C(O)CCNC(=O)[C@H](CCC(=O)c1cc(F)c2c(c1)B(O)OC2)NC(=O)c1cc(F)c2c(c1)B(O)OC2. The summed E-state index contributed by atoms with van der Waals surface area (Å²) in [5, 5.41) is 33.2. The van der Waals surface area contributed by atoms with Crippen LogP contribution in [0.4, 0.5) is 8.78 Å². The van der Waals surface area contributed by atoms with E-state index in [0.29, 0.717) is 0 Å². The minimum Gasteiger partial charge on any atom is -0.481 e. The van der Waals surface area contributed by atoms with E-state index in [0.717, 1.165) is 12.1 Å². The van der Waals surface area contributed by atoms with Gasteiger partial charge in [-0.25, -0.2) is 8.78 Å². The van der Waals surface area contributed by atoms with Gasteiger partial charge in [-0.1, -0.05) is 6.07 Å². The number of rotatable bonds is 10. The minimum absolute atomic E-state index is 0.0672. The first-order valence-electron chi connectivity index (χ1n) is 11.6. The van der Waals surface area contributed by atoms with Gasteiger partial charge >= 0.3 is 20.2 Å². The molecule has 0 unspecified atom stereocenters. The number of Topliss-reactive ketones (excluding diaryl/α,β-unsaturated/α-hetero) is 1. The molecule has 5 N–H and O–H groups in total. The summed E-state index contributed by atoms with van der Waals surface area (Å²) < 4.78 is 38.7. The van der Waals surface area contributed by atoms with Crippen LogP contribution in [0.25, 0.3) is 0 Å². The van der Waals surface area contributed by atoms with Crippen molar-refractivity contribution in [1.82, 2.24) is 10.6 Å². The van der Waals surface area contributed by atoms with Gasteiger partial charge in [0.2, 0.25) is 5.91 Å². The molecule has 38 heavy (non-hydrogen) atoms. The van der Waals surface area contributed by atoms with E-state index in [-0.39, 0.29) is 65.8 Å². The number of hydrogen-bond acceptors (Lipinski definition) is 8. The number of fused-ring (bicyclic) bond motifs is 2. The first-order valence-corrected chi connectivity index (χ1v) is 11.6. The van der Waals surface area contributed by atoms with Gasteiger partial charge in [0.05, 0.1) is 19.6 Å². The maximum Gasteiger partial charge on any atom is 0.491 e. The maximum atomic E-state index is 14.4. The second kappa shape index (κ2) is 11.4. The van der Waals surface area contributed by atoms with E-state index in [1.807, 2.05) is 0 Å². The average molecular weight is 530 g/mol. The molecular formula is C23H22B2F2N2O9. The summed E-state index contributed by atoms with van der Waals surface area (Å²) in [6, 6.07) is 3.08. The van der Waals surface area contributed by atoms with Crippen LogP contribution in [0.3, 0.4) is 0 Å². The fourth-order valence-electron chi connectivity index (χ4n) is 4.20. The minimum atomic E-state index is -1.42. The average Bonchev–Trinajstić information content (AvgIpc) is 3.44. The summed E-state index contributed by atoms with van der Waals surface area (Å²) in [7, 11) is -2.80. The molecule has 0 saturated carbocycles. The Bertz CT molecular complexity index is 1310. The van der Waals surface area contributed by atoms with E-state index >= 15 is 0 Å². The van der Waals surface area contributed by atoms with Crippen molar-refractivity contribution >= 4 is 48.7 Å². The van der Waals surface area contributed by atoms with Gasteiger partial charge in [0.15, 0.2) is 5.78 Å². The van der Waals surface area contributed by atoms with Crippen molar-refractivity contribution in [3.63, 3.8) is 0 Å². The van der Waals surface area contributed by atoms with E-state index in [4.69, 9.17) is 14.4 Å². The van der Waals surface area contributed by atoms with E-state index in [1.54, 1.807) is 0 Å². The van der Waals surface area contributed by atoms with E-state index in [9.17, 15) is 38.0 Å². The quantitative estimate of drug-likeness (QED) is 0.186. The number of amides is 2. The summed E-state index contributed by atoms with van der Waals surface area (Å²) in [6.07, 6.45) is -0.990. The highest BCUT2D eigenvalue weighted by Gasteiger charge is 2.33. The van der Waals surface area contributed by atoms with Gasteiger partial charge < -0.3 is 35.1 Å². The predicted molar refractivity (Wildman–Crippen MR) is 128 cm³/mol. The first-order chi connectivity index (χ1) is 18.0. The van der Waals surface area contributed by atoms with Crippen molar-refractivity contribution in [3.8, 4) is 0 Å². The second-order valence-electron chi connectivity index (χ2n) is 8.80. The third-order valence-corrected chi connectivity index (χ3v) is 6.27. The summed E-state index contributed by atoms with van der Waals surface area (Å²) >= 11 is 0. The van der Waals surface area contributed by atoms with Crippen molar-refractivity contribution in [2.75, 3.05) is 6.54 Å². The summed E-state index contributed by atoms with van der Waals surface area (Å²) in [6.45, 7) is -0.569. The highest BCUT2D eigenvalue weighted by molar-refractivity contribution is 6.62. The van der Waals surface area contributed by atoms with Gasteiger partial charge in [-0.3, -0.25) is 19.2 Å². The molecule has 0 saturated heterocycles. The molecule has 2 aromatic rings. The molecule has 198 valence electrons. The molecule has 0 radical (unpaired) electrons. The van der Waals surface area contributed by atoms with Crippen LogP contribution in [0.5, 0.6) is 0 Å². The molecule has 2 aromatic carbocycles. The fraction of sp³-hybridized carbons (Fsp3) is 0.304. The van der Waals surface area contributed by atoms with Crippen LogP contribution in [-0.2, 0) is 32.1 Å². The Morgan fingerprint density at radius 1 is 0.895 bits per heavy atom. The molecule has 15 heteroatoms. The Labute approximate surface area is 215 Å². The van der Waals surface area contributed by atoms with Crippen LogP contribution in [0, 0.1) is 11.6 Å². The lowest BCUT2D eigenvalue weighted by atomic mass is 9.78. The first kappa shape index (κ1) is 27.4. The topological polar surface area (TPSA) is 171 Å². The lowest BCUT2D eigenvalue weighted by molar-refractivity contribution is -0.137. The van der Waals surface area contributed by atoms with E-state index in [1.165, 1.54) is 12.1 Å². The van der Waals surface area contributed by atoms with E-state index < -0.39 is 61.9 Å². The molecule has 1 atom stereocenters.